The van der Waals surface area contributed by atoms with Crippen molar-refractivity contribution in [2.45, 2.75) is 25.6 Å². The lowest BCUT2D eigenvalue weighted by Crippen LogP contribution is -2.14. The molecule has 39 heavy (non-hydrogen) atoms. The number of aryl methyl sites for hydroxylation is 1. The lowest BCUT2D eigenvalue weighted by Gasteiger charge is -2.19. The smallest absolute Gasteiger partial charge is 0.338 e. The second-order valence-electron chi connectivity index (χ2n) is 8.59. The first kappa shape index (κ1) is 27.2. The first-order valence-corrected chi connectivity index (χ1v) is 11.9. The zero-order chi connectivity index (χ0) is 28.1. The van der Waals surface area contributed by atoms with E-state index in [9.17, 15) is 19.7 Å². The van der Waals surface area contributed by atoms with E-state index >= 15 is 0 Å². The Hall–Kier alpha value is -4.80. The molecule has 4 rings (SSSR count). The molecule has 1 aliphatic carbocycles. The molecule has 0 fully saturated rings. The molecule has 1 atom stereocenters. The maximum atomic E-state index is 13.2. The topological polar surface area (TPSA) is 133 Å². The van der Waals surface area contributed by atoms with E-state index in [2.05, 4.69) is 4.84 Å². The Morgan fingerprint density at radius 3 is 2.36 bits per heavy atom. The minimum absolute atomic E-state index is 0.118. The summed E-state index contributed by atoms with van der Waals surface area (Å²) in [6.45, 7) is -0.311. The molecule has 3 aromatic rings. The second kappa shape index (κ2) is 11.7. The molecule has 0 aliphatic heterocycles. The third-order valence-electron chi connectivity index (χ3n) is 6.41. The molecule has 3 aromatic carbocycles. The number of nitrogens with zero attached hydrogens (tertiary/aromatic N) is 1. The standard InChI is InChI=1S/C28H27NO10/c1-34-23-11-9-19-20(14-21(23)30)22(39-28(31)18-7-5-6-16(12-18)15-38-29(32)33)10-8-17-13-24(35-2)26(36-3)27(37-4)25(17)19/h5-7,9,11-14,22H,8,10,15H2,1-4H3/t22-/m1/s1. The monoisotopic (exact) mass is 537 g/mol. The van der Waals surface area contributed by atoms with Crippen molar-refractivity contribution in [1.82, 2.24) is 0 Å². The lowest BCUT2D eigenvalue weighted by atomic mass is 9.96. The third kappa shape index (κ3) is 5.57. The number of methoxy groups -OCH3 is 4. The van der Waals surface area contributed by atoms with E-state index in [1.807, 2.05) is 6.07 Å². The molecule has 204 valence electrons. The molecule has 0 bridgehead atoms. The summed E-state index contributed by atoms with van der Waals surface area (Å²) < 4.78 is 28.1. The van der Waals surface area contributed by atoms with Crippen LogP contribution < -0.4 is 24.4 Å². The zero-order valence-electron chi connectivity index (χ0n) is 21.8. The van der Waals surface area contributed by atoms with E-state index in [-0.39, 0.29) is 23.3 Å². The average molecular weight is 538 g/mol. The van der Waals surface area contributed by atoms with Gasteiger partial charge in [-0.15, -0.1) is 10.1 Å². The van der Waals surface area contributed by atoms with Crippen LogP contribution in [0.25, 0.3) is 11.1 Å². The van der Waals surface area contributed by atoms with Crippen molar-refractivity contribution in [2.24, 2.45) is 0 Å². The number of carbonyl (C=O) groups excluding carboxylic acids is 1. The number of ether oxygens (including phenoxy) is 5. The molecule has 0 heterocycles. The maximum Gasteiger partial charge on any atom is 0.338 e. The van der Waals surface area contributed by atoms with Gasteiger partial charge in [-0.1, -0.05) is 12.1 Å². The molecule has 0 unspecified atom stereocenters. The maximum absolute atomic E-state index is 13.2. The molecule has 0 N–H and O–H groups in total. The van der Waals surface area contributed by atoms with E-state index in [1.54, 1.807) is 24.3 Å². The molecule has 0 amide bonds. The first-order valence-electron chi connectivity index (χ1n) is 11.9. The summed E-state index contributed by atoms with van der Waals surface area (Å²) in [7, 11) is 5.94. The van der Waals surface area contributed by atoms with Gasteiger partial charge in [0.15, 0.2) is 17.2 Å². The fourth-order valence-electron chi connectivity index (χ4n) is 4.67. The second-order valence-corrected chi connectivity index (χ2v) is 8.59. The van der Waals surface area contributed by atoms with Crippen molar-refractivity contribution in [3.8, 4) is 34.1 Å². The summed E-state index contributed by atoms with van der Waals surface area (Å²) in [5, 5.41) is 9.65. The Kier molecular flexibility index (Phi) is 8.18. The largest absolute Gasteiger partial charge is 0.493 e. The van der Waals surface area contributed by atoms with E-state index in [1.165, 1.54) is 46.6 Å². The summed E-state index contributed by atoms with van der Waals surface area (Å²) in [6, 6.07) is 12.7. The van der Waals surface area contributed by atoms with Gasteiger partial charge in [-0.25, -0.2) is 4.79 Å². The van der Waals surface area contributed by atoms with Crippen LogP contribution >= 0.6 is 0 Å². The number of carbonyl (C=O) groups is 1. The average Bonchev–Trinajstić information content (AvgIpc) is 3.19. The molecular weight excluding hydrogens is 510 g/mol. The highest BCUT2D eigenvalue weighted by Crippen LogP contribution is 2.50. The Morgan fingerprint density at radius 2 is 1.69 bits per heavy atom. The highest BCUT2D eigenvalue weighted by atomic mass is 16.9. The summed E-state index contributed by atoms with van der Waals surface area (Å²) in [6.07, 6.45) is -0.00452. The fourth-order valence-corrected chi connectivity index (χ4v) is 4.67. The molecule has 11 heteroatoms. The Balaban J connectivity index is 1.83. The van der Waals surface area contributed by atoms with Gasteiger partial charge in [0.2, 0.25) is 11.2 Å². The van der Waals surface area contributed by atoms with Crippen LogP contribution in [-0.4, -0.2) is 39.5 Å². The van der Waals surface area contributed by atoms with Crippen molar-refractivity contribution in [1.29, 1.82) is 0 Å². The van der Waals surface area contributed by atoms with Crippen LogP contribution in [0.3, 0.4) is 0 Å². The number of rotatable bonds is 9. The fraction of sp³-hybridized carbons (Fsp3) is 0.286. The lowest BCUT2D eigenvalue weighted by molar-refractivity contribution is -0.763. The number of hydrogen-bond acceptors (Lipinski definition) is 10. The molecule has 1 aliphatic rings. The molecule has 0 spiro atoms. The van der Waals surface area contributed by atoms with Crippen LogP contribution in [-0.2, 0) is 22.6 Å². The number of hydrogen-bond donors (Lipinski definition) is 0. The van der Waals surface area contributed by atoms with Crippen molar-refractivity contribution in [2.75, 3.05) is 28.4 Å². The van der Waals surface area contributed by atoms with Gasteiger partial charge < -0.3 is 28.5 Å². The predicted molar refractivity (Wildman–Crippen MR) is 139 cm³/mol. The number of benzene rings is 2. The number of esters is 1. The Labute approximate surface area is 223 Å². The van der Waals surface area contributed by atoms with Gasteiger partial charge in [0.05, 0.1) is 34.0 Å². The Morgan fingerprint density at radius 1 is 0.949 bits per heavy atom. The molecule has 0 saturated carbocycles. The van der Waals surface area contributed by atoms with Gasteiger partial charge in [0.1, 0.15) is 12.7 Å². The third-order valence-corrected chi connectivity index (χ3v) is 6.41. The van der Waals surface area contributed by atoms with E-state index in [4.69, 9.17) is 23.7 Å². The minimum atomic E-state index is -0.905. The molecule has 0 radical (unpaired) electrons. The van der Waals surface area contributed by atoms with Crippen molar-refractivity contribution in [3.63, 3.8) is 0 Å². The van der Waals surface area contributed by atoms with Gasteiger partial charge in [-0.2, -0.15) is 0 Å². The van der Waals surface area contributed by atoms with Crippen molar-refractivity contribution in [3.05, 3.63) is 91.1 Å². The van der Waals surface area contributed by atoms with Crippen LogP contribution in [0.4, 0.5) is 0 Å². The Bertz CT molecular complexity index is 1470. The van der Waals surface area contributed by atoms with Crippen LogP contribution in [0, 0.1) is 10.1 Å². The van der Waals surface area contributed by atoms with Gasteiger partial charge in [-0.05, 0) is 65.9 Å². The minimum Gasteiger partial charge on any atom is -0.493 e. The summed E-state index contributed by atoms with van der Waals surface area (Å²) in [5.74, 6) is 0.729. The van der Waals surface area contributed by atoms with Crippen LogP contribution in [0.2, 0.25) is 0 Å². The van der Waals surface area contributed by atoms with E-state index in [0.717, 1.165) is 5.56 Å². The predicted octanol–water partition coefficient (Wildman–Crippen LogP) is 4.30. The number of fused-ring (bicyclic) bond motifs is 3. The first-order chi connectivity index (χ1) is 18.8. The molecule has 0 saturated heterocycles. The highest BCUT2D eigenvalue weighted by molar-refractivity contribution is 5.90. The van der Waals surface area contributed by atoms with Crippen LogP contribution in [0.5, 0.6) is 23.0 Å². The SMILES string of the molecule is COc1cc2c(c(OC)c1OC)-c1ccc(OC)c(=O)cc1[C@H](OC(=O)c1cccc(CO[N+](=O)[O-])c1)CC2. The van der Waals surface area contributed by atoms with Gasteiger partial charge in [-0.3, -0.25) is 4.79 Å². The van der Waals surface area contributed by atoms with E-state index < -0.39 is 17.2 Å². The molecular formula is C28H27NO10. The molecule has 0 aromatic heterocycles. The normalized spacial score (nSPS) is 13.7. The van der Waals surface area contributed by atoms with Gasteiger partial charge >= 0.3 is 5.97 Å². The summed E-state index contributed by atoms with van der Waals surface area (Å²) in [5.41, 5.74) is 2.82. The molecule has 11 nitrogen and oxygen atoms in total. The van der Waals surface area contributed by atoms with Crippen molar-refractivity contribution < 1.29 is 38.4 Å². The van der Waals surface area contributed by atoms with Crippen LogP contribution in [0.15, 0.2) is 53.3 Å². The highest BCUT2D eigenvalue weighted by Gasteiger charge is 2.31. The summed E-state index contributed by atoms with van der Waals surface area (Å²) in [4.78, 5) is 41.2. The van der Waals surface area contributed by atoms with Gasteiger partial charge in [0.25, 0.3) is 5.09 Å². The van der Waals surface area contributed by atoms with Gasteiger partial charge in [0, 0.05) is 11.1 Å². The zero-order valence-corrected chi connectivity index (χ0v) is 21.8. The van der Waals surface area contributed by atoms with E-state index in [0.29, 0.717) is 52.3 Å². The summed E-state index contributed by atoms with van der Waals surface area (Å²) >= 11 is 0. The van der Waals surface area contributed by atoms with Crippen molar-refractivity contribution >= 4 is 5.97 Å². The quantitative estimate of drug-likeness (QED) is 0.221. The van der Waals surface area contributed by atoms with Crippen LogP contribution in [0.1, 0.15) is 39.6 Å².